The molecule has 0 rings (SSSR count). The van der Waals surface area contributed by atoms with Crippen LogP contribution in [0.1, 0.15) is 343 Å². The van der Waals surface area contributed by atoms with Gasteiger partial charge in [0.2, 0.25) is 0 Å². The highest BCUT2D eigenvalue weighted by molar-refractivity contribution is 5.71. The fraction of sp³-hybridized carbons (Fsp3) is 0.951. The SMILES string of the molecule is CCCCCCCCCCCCCCCCCCCC(=O)O[C@H](COC(=O)CCCCCCCCCCCCCCCCCC(C)C)COC(=O)CCCCCCCCCCCCCC(C)C. The summed E-state index contributed by atoms with van der Waals surface area (Å²) in [5.41, 5.74) is 0. The summed E-state index contributed by atoms with van der Waals surface area (Å²) in [7, 11) is 0. The zero-order valence-electron chi connectivity index (χ0n) is 46.0. The normalized spacial score (nSPS) is 12.0. The van der Waals surface area contributed by atoms with Crippen molar-refractivity contribution in [3.8, 4) is 0 Å². The fourth-order valence-corrected chi connectivity index (χ4v) is 9.40. The highest BCUT2D eigenvalue weighted by Crippen LogP contribution is 2.18. The monoisotopic (exact) mass is 947 g/mol. The van der Waals surface area contributed by atoms with Crippen LogP contribution in [-0.2, 0) is 28.6 Å². The second-order valence-electron chi connectivity index (χ2n) is 21.9. The van der Waals surface area contributed by atoms with Gasteiger partial charge in [-0.05, 0) is 31.1 Å². The number of carbonyl (C=O) groups is 3. The smallest absolute Gasteiger partial charge is 0.306 e. The molecule has 0 aliphatic carbocycles. The predicted molar refractivity (Wildman–Crippen MR) is 289 cm³/mol. The largest absolute Gasteiger partial charge is 0.462 e. The van der Waals surface area contributed by atoms with E-state index in [9.17, 15) is 14.4 Å². The lowest BCUT2D eigenvalue weighted by molar-refractivity contribution is -0.167. The van der Waals surface area contributed by atoms with Crippen molar-refractivity contribution < 1.29 is 28.6 Å². The molecule has 6 nitrogen and oxygen atoms in total. The number of hydrogen-bond donors (Lipinski definition) is 0. The van der Waals surface area contributed by atoms with Gasteiger partial charge in [-0.15, -0.1) is 0 Å². The lowest BCUT2D eigenvalue weighted by Crippen LogP contribution is -2.30. The molecule has 0 saturated carbocycles. The number of rotatable bonds is 55. The Kier molecular flexibility index (Phi) is 52.5. The van der Waals surface area contributed by atoms with Gasteiger partial charge in [-0.1, -0.05) is 304 Å². The second-order valence-corrected chi connectivity index (χ2v) is 21.9. The van der Waals surface area contributed by atoms with E-state index < -0.39 is 6.10 Å². The second kappa shape index (κ2) is 53.8. The molecule has 0 N–H and O–H groups in total. The first kappa shape index (κ1) is 65.4. The van der Waals surface area contributed by atoms with Gasteiger partial charge in [0.1, 0.15) is 13.2 Å². The van der Waals surface area contributed by atoms with Gasteiger partial charge >= 0.3 is 17.9 Å². The summed E-state index contributed by atoms with van der Waals surface area (Å²) in [5.74, 6) is 0.840. The quantitative estimate of drug-likeness (QED) is 0.0343. The van der Waals surface area contributed by atoms with E-state index in [1.165, 1.54) is 231 Å². The number of esters is 3. The molecule has 0 spiro atoms. The molecule has 0 saturated heterocycles. The number of ether oxygens (including phenoxy) is 3. The van der Waals surface area contributed by atoms with Crippen LogP contribution in [-0.4, -0.2) is 37.2 Å². The van der Waals surface area contributed by atoms with Crippen molar-refractivity contribution in [3.63, 3.8) is 0 Å². The van der Waals surface area contributed by atoms with Gasteiger partial charge in [-0.25, -0.2) is 0 Å². The summed E-state index contributed by atoms with van der Waals surface area (Å²) in [5, 5.41) is 0. The molecule has 6 heteroatoms. The van der Waals surface area contributed by atoms with Gasteiger partial charge in [0.15, 0.2) is 6.10 Å². The van der Waals surface area contributed by atoms with Gasteiger partial charge in [0.25, 0.3) is 0 Å². The van der Waals surface area contributed by atoms with Crippen molar-refractivity contribution in [2.45, 2.75) is 349 Å². The van der Waals surface area contributed by atoms with Crippen molar-refractivity contribution in [3.05, 3.63) is 0 Å². The Morgan fingerprint density at radius 3 is 0.731 bits per heavy atom. The van der Waals surface area contributed by atoms with Crippen molar-refractivity contribution in [2.24, 2.45) is 11.8 Å². The van der Waals surface area contributed by atoms with Crippen molar-refractivity contribution in [1.82, 2.24) is 0 Å². The first-order chi connectivity index (χ1) is 32.7. The number of carbonyl (C=O) groups excluding carboxylic acids is 3. The molecule has 0 heterocycles. The van der Waals surface area contributed by atoms with Gasteiger partial charge in [0.05, 0.1) is 0 Å². The van der Waals surface area contributed by atoms with Crippen molar-refractivity contribution >= 4 is 17.9 Å². The highest BCUT2D eigenvalue weighted by atomic mass is 16.6. The Hall–Kier alpha value is -1.59. The minimum atomic E-state index is -0.763. The van der Waals surface area contributed by atoms with Crippen LogP contribution in [0.5, 0.6) is 0 Å². The van der Waals surface area contributed by atoms with E-state index in [0.717, 1.165) is 69.6 Å². The van der Waals surface area contributed by atoms with E-state index in [4.69, 9.17) is 14.2 Å². The molecule has 67 heavy (non-hydrogen) atoms. The molecule has 1 atom stereocenters. The van der Waals surface area contributed by atoms with E-state index in [2.05, 4.69) is 34.6 Å². The molecule has 0 aliphatic rings. The predicted octanol–water partition coefficient (Wildman–Crippen LogP) is 20.0. The molecular formula is C61H118O6. The molecular weight excluding hydrogens is 829 g/mol. The summed E-state index contributed by atoms with van der Waals surface area (Å²) >= 11 is 0. The van der Waals surface area contributed by atoms with Crippen LogP contribution in [0.2, 0.25) is 0 Å². The number of unbranched alkanes of at least 4 members (excludes halogenated alkanes) is 40. The topological polar surface area (TPSA) is 78.9 Å². The van der Waals surface area contributed by atoms with Gasteiger partial charge in [-0.2, -0.15) is 0 Å². The fourth-order valence-electron chi connectivity index (χ4n) is 9.40. The molecule has 0 amide bonds. The van der Waals surface area contributed by atoms with Crippen LogP contribution in [0.15, 0.2) is 0 Å². The van der Waals surface area contributed by atoms with Crippen LogP contribution >= 0.6 is 0 Å². The van der Waals surface area contributed by atoms with Crippen LogP contribution in [0.3, 0.4) is 0 Å². The van der Waals surface area contributed by atoms with Gasteiger partial charge in [-0.3, -0.25) is 14.4 Å². The number of hydrogen-bond acceptors (Lipinski definition) is 6. The van der Waals surface area contributed by atoms with Crippen molar-refractivity contribution in [2.75, 3.05) is 13.2 Å². The minimum Gasteiger partial charge on any atom is -0.462 e. The molecule has 0 fully saturated rings. The maximum absolute atomic E-state index is 12.9. The molecule has 0 unspecified atom stereocenters. The van der Waals surface area contributed by atoms with E-state index in [1.807, 2.05) is 0 Å². The summed E-state index contributed by atoms with van der Waals surface area (Å²) < 4.78 is 16.9. The summed E-state index contributed by atoms with van der Waals surface area (Å²) in [6, 6.07) is 0. The van der Waals surface area contributed by atoms with E-state index >= 15 is 0 Å². The van der Waals surface area contributed by atoms with Gasteiger partial charge < -0.3 is 14.2 Å². The Labute approximate surface area is 418 Å². The average Bonchev–Trinajstić information content (AvgIpc) is 3.30. The maximum atomic E-state index is 12.9. The first-order valence-corrected chi connectivity index (χ1v) is 30.2. The Bertz CT molecular complexity index is 1020. The van der Waals surface area contributed by atoms with Crippen LogP contribution < -0.4 is 0 Å². The molecule has 0 aliphatic heterocycles. The highest BCUT2D eigenvalue weighted by Gasteiger charge is 2.19. The third-order valence-electron chi connectivity index (χ3n) is 14.0. The van der Waals surface area contributed by atoms with Gasteiger partial charge in [0, 0.05) is 19.3 Å². The minimum absolute atomic E-state index is 0.0624. The summed E-state index contributed by atoms with van der Waals surface area (Å²) in [6.07, 6.45) is 58.1. The third-order valence-corrected chi connectivity index (χ3v) is 14.0. The van der Waals surface area contributed by atoms with E-state index in [-0.39, 0.29) is 31.1 Å². The standard InChI is InChI=1S/C61H118O6/c1-6-7-8-9-10-11-12-13-14-15-18-22-27-33-38-43-48-53-61(64)67-58(55-66-60(63)52-47-42-37-32-28-23-25-30-35-40-45-50-57(4)5)54-65-59(62)51-46-41-36-31-26-21-19-16-17-20-24-29-34-39-44-49-56(2)3/h56-58H,6-55H2,1-5H3/t58-/m1/s1. The molecule has 0 bridgehead atoms. The molecule has 0 aromatic rings. The Morgan fingerprint density at radius 1 is 0.284 bits per heavy atom. The Morgan fingerprint density at radius 2 is 0.493 bits per heavy atom. The molecule has 0 aromatic heterocycles. The summed E-state index contributed by atoms with van der Waals surface area (Å²) in [6.45, 7) is 11.4. The zero-order valence-corrected chi connectivity index (χ0v) is 46.0. The molecule has 398 valence electrons. The lowest BCUT2D eigenvalue weighted by Gasteiger charge is -2.18. The van der Waals surface area contributed by atoms with Crippen molar-refractivity contribution in [1.29, 1.82) is 0 Å². The van der Waals surface area contributed by atoms with E-state index in [1.54, 1.807) is 0 Å². The Balaban J connectivity index is 4.29. The average molecular weight is 948 g/mol. The zero-order chi connectivity index (χ0) is 48.9. The van der Waals surface area contributed by atoms with Crippen LogP contribution in [0.25, 0.3) is 0 Å². The maximum Gasteiger partial charge on any atom is 0.306 e. The summed E-state index contributed by atoms with van der Waals surface area (Å²) in [4.78, 5) is 38.2. The molecule has 0 radical (unpaired) electrons. The van der Waals surface area contributed by atoms with Crippen LogP contribution in [0.4, 0.5) is 0 Å². The third kappa shape index (κ3) is 55.2. The lowest BCUT2D eigenvalue weighted by atomic mass is 10.0. The molecule has 0 aromatic carbocycles. The first-order valence-electron chi connectivity index (χ1n) is 30.2. The van der Waals surface area contributed by atoms with Crippen LogP contribution in [0, 0.1) is 11.8 Å². The van der Waals surface area contributed by atoms with E-state index in [0.29, 0.717) is 19.3 Å².